The minimum absolute atomic E-state index is 0.0348. The van der Waals surface area contributed by atoms with Crippen LogP contribution >= 0.6 is 0 Å². The summed E-state index contributed by atoms with van der Waals surface area (Å²) >= 11 is 0. The number of likely N-dealkylation sites (N-methyl/N-ethyl adjacent to an activating group) is 1. The molecule has 0 spiro atoms. The quantitative estimate of drug-likeness (QED) is 0.0313. The second-order valence-corrected chi connectivity index (χ2v) is 13.8. The van der Waals surface area contributed by atoms with Crippen molar-refractivity contribution >= 4 is 17.9 Å². The molecule has 2 unspecified atom stereocenters. The standard InChI is InChI=1S/C43H71NO7/c1-6-8-10-12-14-15-16-17-18-19-20-21-22-23-24-25-26-28-30-32-34-42(46)51-39(37-49-36-35-40(43(47)48)44(3,4)5)38-50-41(45)33-31-29-27-13-11-9-7-2/h8,10,14-15,17-18,20-21,23-24,26,28,39-40H,6-7,9,11-13,16,19,22,25,27,29-38H2,1-5H3/p+1/b10-8+,15-14+,18-17+,21-20+,24-23+,28-26+. The van der Waals surface area contributed by atoms with Gasteiger partial charge in [0.1, 0.15) is 6.61 Å². The summed E-state index contributed by atoms with van der Waals surface area (Å²) in [5, 5.41) is 9.57. The summed E-state index contributed by atoms with van der Waals surface area (Å²) in [4.78, 5) is 36.6. The van der Waals surface area contributed by atoms with Crippen molar-refractivity contribution in [3.8, 4) is 0 Å². The molecule has 0 aliphatic heterocycles. The molecular weight excluding hydrogens is 642 g/mol. The van der Waals surface area contributed by atoms with Crippen LogP contribution in [0, 0.1) is 0 Å². The second kappa shape index (κ2) is 33.9. The zero-order valence-electron chi connectivity index (χ0n) is 32.8. The Kier molecular flexibility index (Phi) is 31.7. The number of nitrogens with zero attached hydrogens (tertiary/aromatic N) is 1. The maximum absolute atomic E-state index is 12.6. The first-order chi connectivity index (χ1) is 24.6. The molecule has 2 atom stereocenters. The molecule has 0 fully saturated rings. The summed E-state index contributed by atoms with van der Waals surface area (Å²) in [7, 11) is 5.48. The van der Waals surface area contributed by atoms with E-state index in [2.05, 4.69) is 86.8 Å². The maximum atomic E-state index is 12.6. The number of allylic oxidation sites excluding steroid dienone is 12. The number of unbranched alkanes of at least 4 members (excludes halogenated alkanes) is 7. The molecule has 0 heterocycles. The van der Waals surface area contributed by atoms with Gasteiger partial charge in [-0.2, -0.15) is 0 Å². The average Bonchev–Trinajstić information content (AvgIpc) is 3.08. The summed E-state index contributed by atoms with van der Waals surface area (Å²) in [6.07, 6.45) is 41.1. The molecule has 0 aromatic rings. The molecule has 0 aliphatic rings. The van der Waals surface area contributed by atoms with E-state index in [1.165, 1.54) is 25.7 Å². The zero-order valence-corrected chi connectivity index (χ0v) is 32.8. The molecule has 1 N–H and O–H groups in total. The highest BCUT2D eigenvalue weighted by Gasteiger charge is 2.31. The number of quaternary nitrogens is 1. The van der Waals surface area contributed by atoms with Crippen molar-refractivity contribution in [2.75, 3.05) is 41.0 Å². The first-order valence-electron chi connectivity index (χ1n) is 19.5. The molecule has 0 bridgehead atoms. The fourth-order valence-electron chi connectivity index (χ4n) is 5.10. The predicted molar refractivity (Wildman–Crippen MR) is 210 cm³/mol. The number of carbonyl (C=O) groups excluding carboxylic acids is 2. The normalized spacial score (nSPS) is 13.8. The van der Waals surface area contributed by atoms with Crippen LogP contribution in [0.2, 0.25) is 0 Å². The van der Waals surface area contributed by atoms with E-state index in [1.807, 2.05) is 21.1 Å². The molecule has 0 aliphatic carbocycles. The average molecular weight is 715 g/mol. The van der Waals surface area contributed by atoms with Crippen molar-refractivity contribution in [3.05, 3.63) is 72.9 Å². The highest BCUT2D eigenvalue weighted by molar-refractivity contribution is 5.72. The van der Waals surface area contributed by atoms with Crippen LogP contribution in [-0.4, -0.2) is 80.6 Å². The summed E-state index contributed by atoms with van der Waals surface area (Å²) in [5.41, 5.74) is 0. The number of carbonyl (C=O) groups is 3. The molecule has 0 rings (SSSR count). The minimum Gasteiger partial charge on any atom is -0.477 e. The lowest BCUT2D eigenvalue weighted by molar-refractivity contribution is -0.887. The molecule has 290 valence electrons. The van der Waals surface area contributed by atoms with Crippen LogP contribution in [0.1, 0.15) is 129 Å². The third-order valence-corrected chi connectivity index (χ3v) is 8.12. The van der Waals surface area contributed by atoms with E-state index in [0.717, 1.165) is 64.2 Å². The van der Waals surface area contributed by atoms with E-state index < -0.39 is 18.1 Å². The Labute approximate surface area is 311 Å². The van der Waals surface area contributed by atoms with Crippen LogP contribution in [-0.2, 0) is 28.6 Å². The highest BCUT2D eigenvalue weighted by atomic mass is 16.6. The van der Waals surface area contributed by atoms with E-state index in [9.17, 15) is 19.5 Å². The Bertz CT molecular complexity index is 1060. The third kappa shape index (κ3) is 32.4. The van der Waals surface area contributed by atoms with Gasteiger partial charge in [0.25, 0.3) is 0 Å². The first kappa shape index (κ1) is 47.8. The maximum Gasteiger partial charge on any atom is 0.362 e. The third-order valence-electron chi connectivity index (χ3n) is 8.12. The van der Waals surface area contributed by atoms with Crippen molar-refractivity contribution in [2.24, 2.45) is 0 Å². The van der Waals surface area contributed by atoms with Gasteiger partial charge in [0, 0.05) is 19.3 Å². The molecule has 0 radical (unpaired) electrons. The van der Waals surface area contributed by atoms with Gasteiger partial charge in [0.05, 0.1) is 34.4 Å². The molecular formula is C43H72NO7+. The van der Waals surface area contributed by atoms with Crippen molar-refractivity contribution in [3.63, 3.8) is 0 Å². The number of carboxylic acid groups (broad SMARTS) is 1. The topological polar surface area (TPSA) is 99.1 Å². The molecule has 0 aromatic heterocycles. The van der Waals surface area contributed by atoms with Gasteiger partial charge in [-0.1, -0.05) is 125 Å². The monoisotopic (exact) mass is 715 g/mol. The predicted octanol–water partition coefficient (Wildman–Crippen LogP) is 10.0. The largest absolute Gasteiger partial charge is 0.477 e. The Morgan fingerprint density at radius 1 is 0.608 bits per heavy atom. The number of ether oxygens (including phenoxy) is 3. The Morgan fingerprint density at radius 3 is 1.61 bits per heavy atom. The molecule has 0 saturated heterocycles. The summed E-state index contributed by atoms with van der Waals surface area (Å²) < 4.78 is 17.1. The molecule has 8 heteroatoms. The van der Waals surface area contributed by atoms with Crippen LogP contribution in [0.25, 0.3) is 0 Å². The van der Waals surface area contributed by atoms with E-state index in [-0.39, 0.29) is 42.7 Å². The van der Waals surface area contributed by atoms with Crippen molar-refractivity contribution in [1.29, 1.82) is 0 Å². The zero-order chi connectivity index (χ0) is 37.8. The molecule has 8 nitrogen and oxygen atoms in total. The molecule has 51 heavy (non-hydrogen) atoms. The Hall–Kier alpha value is -3.23. The van der Waals surface area contributed by atoms with Gasteiger partial charge in [-0.15, -0.1) is 0 Å². The van der Waals surface area contributed by atoms with Gasteiger partial charge in [-0.3, -0.25) is 9.59 Å². The SMILES string of the molecule is CC/C=C/C/C=C/C/C=C/C/C=C/C/C=C/C/C=C/CCCC(=O)OC(COCCC(C(=O)O)[N+](C)(C)C)COC(=O)CCCCCCCCC. The number of hydrogen-bond acceptors (Lipinski definition) is 6. The fourth-order valence-corrected chi connectivity index (χ4v) is 5.10. The second-order valence-electron chi connectivity index (χ2n) is 13.8. The van der Waals surface area contributed by atoms with Gasteiger partial charge in [-0.05, 0) is 57.8 Å². The lowest BCUT2D eigenvalue weighted by atomic mass is 10.1. The summed E-state index contributed by atoms with van der Waals surface area (Å²) in [6, 6.07) is -0.625. The van der Waals surface area contributed by atoms with Gasteiger partial charge in [-0.25, -0.2) is 4.79 Å². The van der Waals surface area contributed by atoms with Crippen LogP contribution in [0.3, 0.4) is 0 Å². The van der Waals surface area contributed by atoms with Crippen molar-refractivity contribution in [1.82, 2.24) is 0 Å². The lowest BCUT2D eigenvalue weighted by Gasteiger charge is -2.31. The van der Waals surface area contributed by atoms with Crippen LogP contribution in [0.4, 0.5) is 0 Å². The van der Waals surface area contributed by atoms with Crippen LogP contribution < -0.4 is 0 Å². The van der Waals surface area contributed by atoms with Crippen LogP contribution in [0.5, 0.6) is 0 Å². The van der Waals surface area contributed by atoms with Gasteiger partial charge < -0.3 is 23.8 Å². The number of hydrogen-bond donors (Lipinski definition) is 1. The fraction of sp³-hybridized carbons (Fsp3) is 0.651. The van der Waals surface area contributed by atoms with E-state index in [1.54, 1.807) is 0 Å². The Balaban J connectivity index is 4.47. The highest BCUT2D eigenvalue weighted by Crippen LogP contribution is 2.11. The van der Waals surface area contributed by atoms with Crippen molar-refractivity contribution in [2.45, 2.75) is 142 Å². The molecule has 0 aromatic carbocycles. The number of esters is 2. The van der Waals surface area contributed by atoms with E-state index in [0.29, 0.717) is 19.3 Å². The molecule has 0 saturated carbocycles. The van der Waals surface area contributed by atoms with E-state index >= 15 is 0 Å². The number of aliphatic carboxylic acids is 1. The van der Waals surface area contributed by atoms with E-state index in [4.69, 9.17) is 14.2 Å². The van der Waals surface area contributed by atoms with Crippen molar-refractivity contribution < 1.29 is 38.2 Å². The van der Waals surface area contributed by atoms with Gasteiger partial charge in [0.15, 0.2) is 12.1 Å². The smallest absolute Gasteiger partial charge is 0.362 e. The Morgan fingerprint density at radius 2 is 1.10 bits per heavy atom. The minimum atomic E-state index is -0.889. The van der Waals surface area contributed by atoms with Crippen LogP contribution in [0.15, 0.2) is 72.9 Å². The first-order valence-corrected chi connectivity index (χ1v) is 19.5. The number of rotatable bonds is 33. The summed E-state index contributed by atoms with van der Waals surface area (Å²) in [5.74, 6) is -1.56. The summed E-state index contributed by atoms with van der Waals surface area (Å²) in [6.45, 7) is 4.48. The molecule has 0 amide bonds. The van der Waals surface area contributed by atoms with Gasteiger partial charge >= 0.3 is 17.9 Å². The number of carboxylic acids is 1. The van der Waals surface area contributed by atoms with Gasteiger partial charge in [0.2, 0.25) is 0 Å². The lowest BCUT2D eigenvalue weighted by Crippen LogP contribution is -2.50.